The van der Waals surface area contributed by atoms with Crippen LogP contribution in [0.3, 0.4) is 0 Å². The van der Waals surface area contributed by atoms with Gasteiger partial charge in [0.2, 0.25) is 0 Å². The lowest BCUT2D eigenvalue weighted by molar-refractivity contribution is 0.167. The molecule has 2 aliphatic rings. The summed E-state index contributed by atoms with van der Waals surface area (Å²) in [6, 6.07) is 0. The minimum atomic E-state index is -0.830. The van der Waals surface area contributed by atoms with E-state index in [2.05, 4.69) is 24.8 Å². The van der Waals surface area contributed by atoms with E-state index in [1.165, 1.54) is 9.13 Å². The van der Waals surface area contributed by atoms with Gasteiger partial charge in [0, 0.05) is 37.1 Å². The highest BCUT2D eigenvalue weighted by Crippen LogP contribution is 2.30. The van der Waals surface area contributed by atoms with Crippen LogP contribution in [0, 0.1) is 23.5 Å². The first-order chi connectivity index (χ1) is 17.5. The first kappa shape index (κ1) is 29.7. The molecule has 0 bridgehead atoms. The predicted molar refractivity (Wildman–Crippen MR) is 130 cm³/mol. The van der Waals surface area contributed by atoms with Crippen LogP contribution in [0.15, 0.2) is 22.0 Å². The zero-order valence-electron chi connectivity index (χ0n) is 20.4. The molecule has 2 aromatic heterocycles. The minimum absolute atomic E-state index is 0.159. The summed E-state index contributed by atoms with van der Waals surface area (Å²) < 4.78 is 37.7. The molecule has 2 aromatic rings. The van der Waals surface area contributed by atoms with Crippen molar-refractivity contribution in [1.82, 2.24) is 19.1 Å². The van der Waals surface area contributed by atoms with Crippen molar-refractivity contribution >= 4 is 34.8 Å². The zero-order valence-corrected chi connectivity index (χ0v) is 21.2. The molecular formula is C22H29ClF2N6O6. The van der Waals surface area contributed by atoms with Crippen LogP contribution >= 0.6 is 11.6 Å². The van der Waals surface area contributed by atoms with Crippen LogP contribution in [-0.2, 0) is 22.6 Å². The van der Waals surface area contributed by atoms with Gasteiger partial charge in [-0.1, -0.05) is 0 Å². The molecule has 2 heterocycles. The van der Waals surface area contributed by atoms with Gasteiger partial charge in [0.25, 0.3) is 0 Å². The molecule has 15 heteroatoms. The number of nitrogens with one attached hydrogen (secondary N) is 1. The number of hydrogen-bond donors (Lipinski definition) is 2. The Balaban J connectivity index is 0.000000221. The fourth-order valence-corrected chi connectivity index (χ4v) is 2.94. The summed E-state index contributed by atoms with van der Waals surface area (Å²) >= 11 is 4.72. The van der Waals surface area contributed by atoms with E-state index in [1.54, 1.807) is 13.8 Å². The van der Waals surface area contributed by atoms with Gasteiger partial charge in [0.15, 0.2) is 23.3 Å². The molecule has 12 nitrogen and oxygen atoms in total. The first-order valence-corrected chi connectivity index (χ1v) is 12.0. The summed E-state index contributed by atoms with van der Waals surface area (Å²) in [5, 5.41) is 2.09. The molecule has 0 atom stereocenters. The van der Waals surface area contributed by atoms with Crippen molar-refractivity contribution < 1.29 is 27.8 Å². The van der Waals surface area contributed by atoms with Gasteiger partial charge in [-0.15, -0.1) is 0 Å². The van der Waals surface area contributed by atoms with E-state index < -0.39 is 40.4 Å². The van der Waals surface area contributed by atoms with Gasteiger partial charge in [-0.3, -0.25) is 14.5 Å². The summed E-state index contributed by atoms with van der Waals surface area (Å²) in [5.41, 5.74) is 3.36. The molecule has 37 heavy (non-hydrogen) atoms. The second kappa shape index (κ2) is 14.3. The third-order valence-electron chi connectivity index (χ3n) is 4.98. The van der Waals surface area contributed by atoms with Crippen molar-refractivity contribution in [2.24, 2.45) is 11.8 Å². The average molecular weight is 547 g/mol. The topological polar surface area (TPSA) is 160 Å². The average Bonchev–Trinajstić information content (AvgIpc) is 3.73. The number of rotatable bonds is 7. The number of carbonyl (C=O) groups excluding carboxylic acids is 2. The van der Waals surface area contributed by atoms with E-state index in [4.69, 9.17) is 17.3 Å². The predicted octanol–water partition coefficient (Wildman–Crippen LogP) is 3.12. The highest BCUT2D eigenvalue weighted by molar-refractivity contribution is 6.61. The lowest BCUT2D eigenvalue weighted by atomic mass is 10.4. The third-order valence-corrected chi connectivity index (χ3v) is 5.09. The van der Waals surface area contributed by atoms with Crippen molar-refractivity contribution in [2.45, 2.75) is 52.6 Å². The molecule has 1 amide bonds. The van der Waals surface area contributed by atoms with E-state index in [-0.39, 0.29) is 12.4 Å². The van der Waals surface area contributed by atoms with Crippen molar-refractivity contribution in [3.8, 4) is 0 Å². The summed E-state index contributed by atoms with van der Waals surface area (Å²) in [6.07, 6.45) is 5.69. The zero-order chi connectivity index (χ0) is 27.5. The number of ether oxygens (including phenoxy) is 2. The fourth-order valence-electron chi connectivity index (χ4n) is 2.83. The van der Waals surface area contributed by atoms with Gasteiger partial charge in [0.05, 0.1) is 13.2 Å². The number of anilines is 2. The van der Waals surface area contributed by atoms with Crippen molar-refractivity contribution in [1.29, 1.82) is 0 Å². The second-order valence-electron chi connectivity index (χ2n) is 8.18. The summed E-state index contributed by atoms with van der Waals surface area (Å²) in [4.78, 5) is 50.3. The van der Waals surface area contributed by atoms with Crippen LogP contribution in [0.25, 0.3) is 0 Å². The number of aromatic nitrogens is 4. The molecule has 0 aromatic carbocycles. The third kappa shape index (κ3) is 10.9. The highest BCUT2D eigenvalue weighted by atomic mass is 35.5. The molecular weight excluding hydrogens is 518 g/mol. The summed E-state index contributed by atoms with van der Waals surface area (Å²) in [6.45, 7) is 4.86. The summed E-state index contributed by atoms with van der Waals surface area (Å²) in [7, 11) is 0. The molecule has 2 saturated carbocycles. The van der Waals surface area contributed by atoms with Crippen LogP contribution in [0.1, 0.15) is 39.5 Å². The van der Waals surface area contributed by atoms with Gasteiger partial charge in [-0.05, 0) is 51.4 Å². The second-order valence-corrected chi connectivity index (χ2v) is 8.49. The Labute approximate surface area is 215 Å². The molecule has 4 rings (SSSR count). The van der Waals surface area contributed by atoms with Gasteiger partial charge >= 0.3 is 22.9 Å². The molecule has 204 valence electrons. The number of nitrogens with zero attached hydrogens (tertiary/aromatic N) is 4. The number of nitrogen functional groups attached to an aromatic ring is 1. The lowest BCUT2D eigenvalue weighted by Gasteiger charge is -2.08. The Morgan fingerprint density at radius 3 is 1.89 bits per heavy atom. The Morgan fingerprint density at radius 2 is 1.46 bits per heavy atom. The monoisotopic (exact) mass is 546 g/mol. The Morgan fingerprint density at radius 1 is 0.973 bits per heavy atom. The number of amides is 1. The molecule has 0 radical (unpaired) electrons. The molecule has 0 aliphatic heterocycles. The smallest absolute Gasteiger partial charge is 0.412 e. The van der Waals surface area contributed by atoms with Crippen LogP contribution in [0.5, 0.6) is 0 Å². The largest absolute Gasteiger partial charge is 0.454 e. The van der Waals surface area contributed by atoms with E-state index in [0.29, 0.717) is 31.5 Å². The van der Waals surface area contributed by atoms with Crippen LogP contribution in [0.2, 0.25) is 0 Å². The number of hydrogen-bond acceptors (Lipinski definition) is 9. The van der Waals surface area contributed by atoms with Crippen molar-refractivity contribution in [3.05, 3.63) is 45.0 Å². The van der Waals surface area contributed by atoms with E-state index in [0.717, 1.165) is 38.1 Å². The van der Waals surface area contributed by atoms with Gasteiger partial charge in [-0.2, -0.15) is 9.97 Å². The van der Waals surface area contributed by atoms with Crippen molar-refractivity contribution in [3.63, 3.8) is 0 Å². The Kier molecular flexibility index (Phi) is 11.4. The Bertz CT molecular complexity index is 1200. The first-order valence-electron chi connectivity index (χ1n) is 11.6. The van der Waals surface area contributed by atoms with Crippen LogP contribution in [0.4, 0.5) is 30.0 Å². The number of carbonyl (C=O) groups is 2. The SMILES string of the molecule is CCOC(=O)Cl.CCOC(=O)Nc1nc(=O)n(CC2CC2)cc1F.Nc1nc(=O)n(CC2CC2)cc1F. The number of nitrogens with two attached hydrogens (primary N) is 1. The molecule has 2 aliphatic carbocycles. The summed E-state index contributed by atoms with van der Waals surface area (Å²) in [5.74, 6) is -1.14. The van der Waals surface area contributed by atoms with E-state index in [9.17, 15) is 28.0 Å². The van der Waals surface area contributed by atoms with Gasteiger partial charge < -0.3 is 15.2 Å². The Hall–Kier alpha value is -3.55. The standard InChI is InChI=1S/C11H14FN3O3.C8H10FN3O.C3H5ClO2/c1-2-18-11(17)14-9-8(12)6-15(10(16)13-9)5-7-3-4-7;9-6-4-12(3-5-1-2-5)8(13)11-7(6)10;1-2-6-3(4)5/h6-7H,2-5H2,1H3,(H,13,14,16,17);4-5H,1-3H2,(H2,10,11,13);2H2,1H3. The van der Waals surface area contributed by atoms with Crippen LogP contribution in [-0.4, -0.2) is 43.8 Å². The quantitative estimate of drug-likeness (QED) is 0.497. The van der Waals surface area contributed by atoms with Crippen molar-refractivity contribution in [2.75, 3.05) is 24.3 Å². The van der Waals surface area contributed by atoms with Gasteiger partial charge in [0.1, 0.15) is 0 Å². The number of halogens is 3. The molecule has 3 N–H and O–H groups in total. The highest BCUT2D eigenvalue weighted by Gasteiger charge is 2.23. The van der Waals surface area contributed by atoms with E-state index in [1.807, 2.05) is 0 Å². The minimum Gasteiger partial charge on any atom is -0.454 e. The maximum Gasteiger partial charge on any atom is 0.412 e. The normalized spacial score (nSPS) is 13.9. The maximum absolute atomic E-state index is 13.6. The molecule has 0 unspecified atom stereocenters. The molecule has 0 saturated heterocycles. The fraction of sp³-hybridized carbons (Fsp3) is 0.545. The lowest BCUT2D eigenvalue weighted by Crippen LogP contribution is -2.27. The molecule has 2 fully saturated rings. The van der Waals surface area contributed by atoms with Gasteiger partial charge in [-0.25, -0.2) is 28.0 Å². The molecule has 0 spiro atoms. The van der Waals surface area contributed by atoms with Crippen LogP contribution < -0.4 is 22.4 Å². The van der Waals surface area contributed by atoms with E-state index >= 15 is 0 Å². The maximum atomic E-state index is 13.6.